The normalized spacial score (nSPS) is 18.1. The van der Waals surface area contributed by atoms with E-state index in [2.05, 4.69) is 71.0 Å². The second-order valence-electron chi connectivity index (χ2n) is 9.06. The van der Waals surface area contributed by atoms with Gasteiger partial charge in [-0.25, -0.2) is 0 Å². The first-order valence-electron chi connectivity index (χ1n) is 9.99. The molecule has 3 rings (SSSR count). The zero-order valence-electron chi connectivity index (χ0n) is 17.4. The van der Waals surface area contributed by atoms with Crippen molar-refractivity contribution in [2.45, 2.75) is 58.3 Å². The van der Waals surface area contributed by atoms with Gasteiger partial charge in [0.25, 0.3) is 0 Å². The van der Waals surface area contributed by atoms with E-state index in [-0.39, 0.29) is 10.8 Å². The van der Waals surface area contributed by atoms with Gasteiger partial charge in [0, 0.05) is 6.54 Å². The Bertz CT molecular complexity index is 828. The molecule has 0 heterocycles. The molecule has 0 bridgehead atoms. The highest BCUT2D eigenvalue weighted by Gasteiger charge is 2.36. The van der Waals surface area contributed by atoms with E-state index in [4.69, 9.17) is 10.5 Å². The molecule has 2 aromatic rings. The molecule has 0 saturated carbocycles. The van der Waals surface area contributed by atoms with Crippen LogP contribution in [0.4, 0.5) is 0 Å². The van der Waals surface area contributed by atoms with Gasteiger partial charge in [-0.2, -0.15) is 0 Å². The molecule has 0 spiro atoms. The zero-order valence-corrected chi connectivity index (χ0v) is 17.4. The summed E-state index contributed by atoms with van der Waals surface area (Å²) < 4.78 is 5.56. The minimum atomic E-state index is 0.239. The Hall–Kier alpha value is -2.06. The van der Waals surface area contributed by atoms with Crippen molar-refractivity contribution < 1.29 is 4.74 Å². The first-order valence-corrected chi connectivity index (χ1v) is 9.99. The van der Waals surface area contributed by atoms with Gasteiger partial charge in [0.1, 0.15) is 12.4 Å². The maximum absolute atomic E-state index is 5.56. The summed E-state index contributed by atoms with van der Waals surface area (Å²) in [6, 6.07) is 15.3. The van der Waals surface area contributed by atoms with Crippen LogP contribution in [0.3, 0.4) is 0 Å². The molecule has 1 aliphatic carbocycles. The predicted octanol–water partition coefficient (Wildman–Crippen LogP) is 5.93. The van der Waals surface area contributed by atoms with Crippen LogP contribution in [0, 0.1) is 0 Å². The van der Waals surface area contributed by atoms with Crippen molar-refractivity contribution in [3.63, 3.8) is 0 Å². The van der Waals surface area contributed by atoms with Gasteiger partial charge >= 0.3 is 0 Å². The minimum Gasteiger partial charge on any atom is -0.492 e. The highest BCUT2D eigenvalue weighted by atomic mass is 16.5. The molecule has 144 valence electrons. The van der Waals surface area contributed by atoms with Crippen molar-refractivity contribution in [1.29, 1.82) is 0 Å². The number of hydrogen-bond acceptors (Lipinski definition) is 2. The molecule has 0 aromatic heterocycles. The number of allylic oxidation sites excluding steroid dienone is 1. The van der Waals surface area contributed by atoms with E-state index in [1.54, 1.807) is 0 Å². The highest BCUT2D eigenvalue weighted by Crippen LogP contribution is 2.46. The number of benzene rings is 2. The molecule has 0 amide bonds. The maximum Gasteiger partial charge on any atom is 0.119 e. The first kappa shape index (κ1) is 19.7. The van der Waals surface area contributed by atoms with E-state index in [9.17, 15) is 0 Å². The summed E-state index contributed by atoms with van der Waals surface area (Å²) in [5.74, 6) is 0.869. The lowest BCUT2D eigenvalue weighted by Gasteiger charge is -2.42. The fraction of sp³-hybridized carbons (Fsp3) is 0.440. The summed E-state index contributed by atoms with van der Waals surface area (Å²) in [5.41, 5.74) is 12.8. The lowest BCUT2D eigenvalue weighted by molar-refractivity contribution is 0.328. The van der Waals surface area contributed by atoms with Crippen LogP contribution >= 0.6 is 0 Å². The maximum atomic E-state index is 5.56. The number of ether oxygens (including phenoxy) is 1. The van der Waals surface area contributed by atoms with Crippen molar-refractivity contribution in [2.24, 2.45) is 5.73 Å². The van der Waals surface area contributed by atoms with Crippen LogP contribution in [-0.4, -0.2) is 13.2 Å². The van der Waals surface area contributed by atoms with Gasteiger partial charge in [0.05, 0.1) is 0 Å². The summed E-state index contributed by atoms with van der Waals surface area (Å²) in [5, 5.41) is 0. The van der Waals surface area contributed by atoms with Gasteiger partial charge in [-0.15, -0.1) is 0 Å². The van der Waals surface area contributed by atoms with Crippen LogP contribution < -0.4 is 10.5 Å². The SMILES string of the molecule is C/C(=C\c1ccc(OCCN)cc1)c1ccc2c(c1)C(C)(C)CCC2(C)C. The largest absolute Gasteiger partial charge is 0.492 e. The molecule has 2 nitrogen and oxygen atoms in total. The van der Waals surface area contributed by atoms with Gasteiger partial charge < -0.3 is 10.5 Å². The molecular weight excluding hydrogens is 330 g/mol. The predicted molar refractivity (Wildman–Crippen MR) is 116 cm³/mol. The van der Waals surface area contributed by atoms with Crippen molar-refractivity contribution >= 4 is 11.6 Å². The summed E-state index contributed by atoms with van der Waals surface area (Å²) in [4.78, 5) is 0. The molecule has 2 N–H and O–H groups in total. The van der Waals surface area contributed by atoms with Crippen LogP contribution in [0.1, 0.15) is 69.7 Å². The molecule has 2 heteroatoms. The van der Waals surface area contributed by atoms with E-state index in [0.717, 1.165) is 5.75 Å². The molecule has 0 atom stereocenters. The third-order valence-electron chi connectivity index (χ3n) is 5.96. The molecule has 27 heavy (non-hydrogen) atoms. The van der Waals surface area contributed by atoms with Crippen molar-refractivity contribution in [2.75, 3.05) is 13.2 Å². The van der Waals surface area contributed by atoms with Crippen molar-refractivity contribution in [1.82, 2.24) is 0 Å². The fourth-order valence-corrected chi connectivity index (χ4v) is 4.00. The van der Waals surface area contributed by atoms with Crippen LogP contribution in [-0.2, 0) is 10.8 Å². The first-order chi connectivity index (χ1) is 12.7. The third-order valence-corrected chi connectivity index (χ3v) is 5.96. The number of nitrogens with two attached hydrogens (primary N) is 1. The minimum absolute atomic E-state index is 0.239. The smallest absolute Gasteiger partial charge is 0.119 e. The van der Waals surface area contributed by atoms with Gasteiger partial charge in [-0.3, -0.25) is 0 Å². The molecule has 0 radical (unpaired) electrons. The molecule has 0 fully saturated rings. The lowest BCUT2D eigenvalue weighted by Crippen LogP contribution is -2.33. The van der Waals surface area contributed by atoms with E-state index < -0.39 is 0 Å². The van der Waals surface area contributed by atoms with Crippen LogP contribution in [0.5, 0.6) is 5.75 Å². The molecule has 0 unspecified atom stereocenters. The summed E-state index contributed by atoms with van der Waals surface area (Å²) >= 11 is 0. The summed E-state index contributed by atoms with van der Waals surface area (Å²) in [6.45, 7) is 12.8. The van der Waals surface area contributed by atoms with Gasteiger partial charge in [0.2, 0.25) is 0 Å². The average Bonchev–Trinajstić information content (AvgIpc) is 2.65. The Labute approximate surface area is 164 Å². The average molecular weight is 364 g/mol. The Morgan fingerprint density at radius 2 is 1.59 bits per heavy atom. The van der Waals surface area contributed by atoms with Gasteiger partial charge in [-0.1, -0.05) is 64.1 Å². The highest BCUT2D eigenvalue weighted by molar-refractivity contribution is 5.80. The second-order valence-corrected chi connectivity index (χ2v) is 9.06. The number of rotatable bonds is 5. The Kier molecular flexibility index (Phi) is 5.48. The Morgan fingerprint density at radius 3 is 2.22 bits per heavy atom. The van der Waals surface area contributed by atoms with E-state index in [1.807, 2.05) is 12.1 Å². The molecular formula is C25H33NO. The standard InChI is InChI=1S/C25H33NO/c1-18(16-19-6-9-21(10-7-19)27-15-14-26)20-8-11-22-23(17-20)25(4,5)13-12-24(22,2)3/h6-11,16-17H,12-15,26H2,1-5H3/b18-16+. The molecule has 1 aliphatic rings. The molecule has 0 saturated heterocycles. The van der Waals surface area contributed by atoms with E-state index in [1.165, 1.54) is 40.7 Å². The fourth-order valence-electron chi connectivity index (χ4n) is 4.00. The zero-order chi connectivity index (χ0) is 19.7. The Morgan fingerprint density at radius 1 is 0.963 bits per heavy atom. The van der Waals surface area contributed by atoms with Gasteiger partial charge in [-0.05, 0) is 70.6 Å². The summed E-state index contributed by atoms with van der Waals surface area (Å²) in [6.07, 6.45) is 4.73. The van der Waals surface area contributed by atoms with Crippen LogP contribution in [0.15, 0.2) is 42.5 Å². The van der Waals surface area contributed by atoms with E-state index in [0.29, 0.717) is 13.2 Å². The topological polar surface area (TPSA) is 35.2 Å². The summed E-state index contributed by atoms with van der Waals surface area (Å²) in [7, 11) is 0. The van der Waals surface area contributed by atoms with Crippen molar-refractivity contribution in [3.05, 3.63) is 64.7 Å². The Balaban J connectivity index is 1.89. The monoisotopic (exact) mass is 363 g/mol. The second kappa shape index (κ2) is 7.52. The van der Waals surface area contributed by atoms with Crippen molar-refractivity contribution in [3.8, 4) is 5.75 Å². The van der Waals surface area contributed by atoms with Gasteiger partial charge in [0.15, 0.2) is 0 Å². The molecule has 0 aliphatic heterocycles. The van der Waals surface area contributed by atoms with Crippen LogP contribution in [0.25, 0.3) is 11.6 Å². The third kappa shape index (κ3) is 4.27. The number of hydrogen-bond donors (Lipinski definition) is 1. The van der Waals surface area contributed by atoms with E-state index >= 15 is 0 Å². The van der Waals surface area contributed by atoms with Crippen LogP contribution in [0.2, 0.25) is 0 Å². The lowest BCUT2D eigenvalue weighted by atomic mass is 9.63. The number of fused-ring (bicyclic) bond motifs is 1. The molecule has 2 aromatic carbocycles. The quantitative estimate of drug-likeness (QED) is 0.668.